The smallest absolute Gasteiger partial charge is 0.243 e. The summed E-state index contributed by atoms with van der Waals surface area (Å²) < 4.78 is 31.1. The highest BCUT2D eigenvalue weighted by Crippen LogP contribution is 2.21. The monoisotopic (exact) mass is 305 g/mol. The number of nitrogens with zero attached hydrogens (tertiary/aromatic N) is 1. The predicted octanol–water partition coefficient (Wildman–Crippen LogP) is 2.18. The Morgan fingerprint density at radius 1 is 1.37 bits per heavy atom. The summed E-state index contributed by atoms with van der Waals surface area (Å²) in [7, 11) is -0.446. The zero-order valence-corrected chi connectivity index (χ0v) is 13.3. The molecular formula is C13H20ClNO3S. The number of ether oxygens (including phenoxy) is 1. The van der Waals surface area contributed by atoms with Crippen molar-refractivity contribution in [2.45, 2.75) is 24.1 Å². The van der Waals surface area contributed by atoms with Crippen molar-refractivity contribution in [2.24, 2.45) is 0 Å². The second kappa shape index (κ2) is 6.70. The van der Waals surface area contributed by atoms with Crippen molar-refractivity contribution in [1.29, 1.82) is 0 Å². The third kappa shape index (κ3) is 4.18. The van der Waals surface area contributed by atoms with E-state index in [1.54, 1.807) is 13.0 Å². The van der Waals surface area contributed by atoms with Gasteiger partial charge in [0.25, 0.3) is 0 Å². The highest BCUT2D eigenvalue weighted by Gasteiger charge is 2.24. The molecule has 0 fully saturated rings. The average molecular weight is 306 g/mol. The molecule has 1 rings (SSSR count). The van der Waals surface area contributed by atoms with E-state index < -0.39 is 10.0 Å². The highest BCUT2D eigenvalue weighted by molar-refractivity contribution is 7.89. The van der Waals surface area contributed by atoms with Crippen molar-refractivity contribution in [3.05, 3.63) is 29.3 Å². The summed E-state index contributed by atoms with van der Waals surface area (Å²) in [6.45, 7) is 4.18. The Morgan fingerprint density at radius 2 is 2.00 bits per heavy atom. The lowest BCUT2D eigenvalue weighted by Gasteiger charge is -2.21. The summed E-state index contributed by atoms with van der Waals surface area (Å²) in [6.07, 6.45) is 0. The van der Waals surface area contributed by atoms with Crippen LogP contribution in [0.5, 0.6) is 0 Å². The predicted molar refractivity (Wildman–Crippen MR) is 77.2 cm³/mol. The molecule has 0 radical (unpaired) electrons. The zero-order chi connectivity index (χ0) is 14.6. The van der Waals surface area contributed by atoms with E-state index in [1.807, 2.05) is 19.1 Å². The number of hydrogen-bond donors (Lipinski definition) is 0. The lowest BCUT2D eigenvalue weighted by Crippen LogP contribution is -2.34. The van der Waals surface area contributed by atoms with Crippen molar-refractivity contribution in [3.8, 4) is 0 Å². The van der Waals surface area contributed by atoms with Crippen LogP contribution in [0.4, 0.5) is 0 Å². The highest BCUT2D eigenvalue weighted by atomic mass is 35.5. The van der Waals surface area contributed by atoms with E-state index in [-0.39, 0.29) is 11.9 Å². The molecule has 0 saturated heterocycles. The molecule has 0 N–H and O–H groups in total. The third-order valence-corrected chi connectivity index (χ3v) is 5.06. The molecule has 0 aliphatic rings. The summed E-state index contributed by atoms with van der Waals surface area (Å²) in [4.78, 5) is 0.330. The number of sulfonamides is 1. The Kier molecular flexibility index (Phi) is 5.80. The minimum atomic E-state index is -3.51. The van der Waals surface area contributed by atoms with E-state index in [4.69, 9.17) is 16.3 Å². The molecule has 1 unspecified atom stereocenters. The molecule has 0 spiro atoms. The fourth-order valence-corrected chi connectivity index (χ4v) is 3.70. The van der Waals surface area contributed by atoms with Gasteiger partial charge in [0.15, 0.2) is 0 Å². The molecule has 0 aliphatic heterocycles. The molecule has 19 heavy (non-hydrogen) atoms. The number of rotatable bonds is 6. The first-order valence-electron chi connectivity index (χ1n) is 5.95. The first kappa shape index (κ1) is 16.4. The minimum Gasteiger partial charge on any atom is -0.383 e. The van der Waals surface area contributed by atoms with Crippen LogP contribution in [0.2, 0.25) is 0 Å². The van der Waals surface area contributed by atoms with E-state index in [2.05, 4.69) is 0 Å². The summed E-state index contributed by atoms with van der Waals surface area (Å²) >= 11 is 6.01. The van der Waals surface area contributed by atoms with E-state index in [1.165, 1.54) is 18.5 Å². The van der Waals surface area contributed by atoms with Crippen LogP contribution >= 0.6 is 11.6 Å². The Labute approximate surface area is 120 Å². The van der Waals surface area contributed by atoms with Gasteiger partial charge in [0.05, 0.1) is 16.9 Å². The van der Waals surface area contributed by atoms with Gasteiger partial charge in [-0.05, 0) is 31.0 Å². The van der Waals surface area contributed by atoms with Crippen LogP contribution in [0.25, 0.3) is 0 Å². The van der Waals surface area contributed by atoms with Gasteiger partial charge in [-0.15, -0.1) is 11.6 Å². The van der Waals surface area contributed by atoms with Crippen LogP contribution in [0, 0.1) is 13.8 Å². The van der Waals surface area contributed by atoms with E-state index in [0.29, 0.717) is 11.5 Å². The Hall–Kier alpha value is -0.620. The molecule has 1 aromatic carbocycles. The van der Waals surface area contributed by atoms with Gasteiger partial charge in [0, 0.05) is 20.7 Å². The van der Waals surface area contributed by atoms with Gasteiger partial charge in [0.2, 0.25) is 10.0 Å². The maximum absolute atomic E-state index is 12.5. The fourth-order valence-electron chi connectivity index (χ4n) is 1.76. The van der Waals surface area contributed by atoms with Crippen LogP contribution in [0.3, 0.4) is 0 Å². The molecular weight excluding hydrogens is 286 g/mol. The molecule has 0 heterocycles. The van der Waals surface area contributed by atoms with Crippen LogP contribution < -0.4 is 0 Å². The Balaban J connectivity index is 3.00. The molecule has 6 heteroatoms. The molecule has 0 aromatic heterocycles. The lowest BCUT2D eigenvalue weighted by molar-refractivity contribution is 0.192. The quantitative estimate of drug-likeness (QED) is 0.757. The second-order valence-corrected chi connectivity index (χ2v) is 7.24. The normalized spacial score (nSPS) is 13.8. The Bertz CT molecular complexity index is 531. The number of halogens is 1. The van der Waals surface area contributed by atoms with Crippen molar-refractivity contribution >= 4 is 21.6 Å². The van der Waals surface area contributed by atoms with Gasteiger partial charge in [-0.3, -0.25) is 0 Å². The van der Waals surface area contributed by atoms with Crippen molar-refractivity contribution in [3.63, 3.8) is 0 Å². The lowest BCUT2D eigenvalue weighted by atomic mass is 10.2. The van der Waals surface area contributed by atoms with Crippen LogP contribution in [-0.4, -0.2) is 45.4 Å². The third-order valence-electron chi connectivity index (χ3n) is 2.83. The second-order valence-electron chi connectivity index (χ2n) is 4.61. The van der Waals surface area contributed by atoms with E-state index in [0.717, 1.165) is 11.1 Å². The number of benzene rings is 1. The Morgan fingerprint density at radius 3 is 2.58 bits per heavy atom. The van der Waals surface area contributed by atoms with Gasteiger partial charge in [-0.1, -0.05) is 12.1 Å². The molecule has 0 amide bonds. The van der Waals surface area contributed by atoms with Crippen molar-refractivity contribution in [1.82, 2.24) is 4.31 Å². The van der Waals surface area contributed by atoms with Gasteiger partial charge < -0.3 is 4.74 Å². The maximum atomic E-state index is 12.5. The number of hydrogen-bond acceptors (Lipinski definition) is 3. The van der Waals surface area contributed by atoms with Gasteiger partial charge in [-0.25, -0.2) is 8.42 Å². The van der Waals surface area contributed by atoms with E-state index in [9.17, 15) is 8.42 Å². The standard InChI is InChI=1S/C13H20ClNO3S/c1-10-5-6-11(2)13(7-10)19(16,17)15(3)8-12(14)9-18-4/h5-7,12H,8-9H2,1-4H3. The minimum absolute atomic E-state index is 0.213. The van der Waals surface area contributed by atoms with E-state index >= 15 is 0 Å². The van der Waals surface area contributed by atoms with Crippen molar-refractivity contribution < 1.29 is 13.2 Å². The molecule has 4 nitrogen and oxygen atoms in total. The van der Waals surface area contributed by atoms with Gasteiger partial charge >= 0.3 is 0 Å². The first-order chi connectivity index (χ1) is 8.78. The van der Waals surface area contributed by atoms with Gasteiger partial charge in [-0.2, -0.15) is 4.31 Å². The zero-order valence-electron chi connectivity index (χ0n) is 11.7. The maximum Gasteiger partial charge on any atom is 0.243 e. The first-order valence-corrected chi connectivity index (χ1v) is 7.83. The van der Waals surface area contributed by atoms with Crippen molar-refractivity contribution in [2.75, 3.05) is 27.3 Å². The van der Waals surface area contributed by atoms with Crippen LogP contribution in [-0.2, 0) is 14.8 Å². The fraction of sp³-hybridized carbons (Fsp3) is 0.538. The topological polar surface area (TPSA) is 46.6 Å². The SMILES string of the molecule is COCC(Cl)CN(C)S(=O)(=O)c1cc(C)ccc1C. The number of aryl methyl sites for hydroxylation is 2. The van der Waals surface area contributed by atoms with Crippen LogP contribution in [0.15, 0.2) is 23.1 Å². The molecule has 1 atom stereocenters. The molecule has 108 valence electrons. The number of alkyl halides is 1. The largest absolute Gasteiger partial charge is 0.383 e. The summed E-state index contributed by atoms with van der Waals surface area (Å²) in [6, 6.07) is 5.38. The summed E-state index contributed by atoms with van der Waals surface area (Å²) in [5.74, 6) is 0. The summed E-state index contributed by atoms with van der Waals surface area (Å²) in [5.41, 5.74) is 1.65. The molecule has 0 aliphatic carbocycles. The molecule has 1 aromatic rings. The molecule has 0 bridgehead atoms. The van der Waals surface area contributed by atoms with Gasteiger partial charge in [0.1, 0.15) is 0 Å². The molecule has 0 saturated carbocycles. The van der Waals surface area contributed by atoms with Crippen LogP contribution in [0.1, 0.15) is 11.1 Å². The number of methoxy groups -OCH3 is 1. The average Bonchev–Trinajstić information content (AvgIpc) is 2.32. The summed E-state index contributed by atoms with van der Waals surface area (Å²) in [5, 5.41) is -0.366.